The molecule has 98 valence electrons. The zero-order valence-electron chi connectivity index (χ0n) is 10.5. The van der Waals surface area contributed by atoms with Crippen LogP contribution in [0, 0.1) is 0 Å². The van der Waals surface area contributed by atoms with Gasteiger partial charge in [0.2, 0.25) is 0 Å². The number of benzene rings is 1. The van der Waals surface area contributed by atoms with Crippen molar-refractivity contribution in [1.29, 1.82) is 0 Å². The Morgan fingerprint density at radius 3 is 2.85 bits per heavy atom. The molecular weight excluding hydrogens is 286 g/mol. The lowest BCUT2D eigenvalue weighted by molar-refractivity contribution is 0.225. The first kappa shape index (κ1) is 12.0. The second-order valence-electron chi connectivity index (χ2n) is 4.62. The highest BCUT2D eigenvalue weighted by atomic mass is 32.1. The van der Waals surface area contributed by atoms with E-state index < -0.39 is 6.10 Å². The van der Waals surface area contributed by atoms with Crippen molar-refractivity contribution >= 4 is 43.0 Å². The fraction of sp³-hybridized carbons (Fsp3) is 0.0625. The summed E-state index contributed by atoms with van der Waals surface area (Å²) in [6.07, 6.45) is 1.16. The van der Waals surface area contributed by atoms with Gasteiger partial charge >= 0.3 is 0 Å². The molecule has 0 amide bonds. The van der Waals surface area contributed by atoms with Gasteiger partial charge in [0, 0.05) is 31.4 Å². The van der Waals surface area contributed by atoms with Crippen LogP contribution in [0.4, 0.5) is 0 Å². The number of nitrogens with zero attached hydrogens (tertiary/aromatic N) is 1. The van der Waals surface area contributed by atoms with Gasteiger partial charge in [-0.1, -0.05) is 24.3 Å². The molecule has 4 aromatic rings. The monoisotopic (exact) mass is 297 g/mol. The Bertz CT molecular complexity index is 860. The van der Waals surface area contributed by atoms with Crippen LogP contribution in [-0.4, -0.2) is 10.1 Å². The average Bonchev–Trinajstić information content (AvgIpc) is 3.07. The molecular formula is C16H11NOS2. The maximum absolute atomic E-state index is 10.7. The van der Waals surface area contributed by atoms with Crippen molar-refractivity contribution in [2.24, 2.45) is 0 Å². The van der Waals surface area contributed by atoms with Gasteiger partial charge in [-0.3, -0.25) is 4.98 Å². The largest absolute Gasteiger partial charge is 0.383 e. The molecule has 3 aromatic heterocycles. The molecule has 0 spiro atoms. The van der Waals surface area contributed by atoms with E-state index in [2.05, 4.69) is 22.5 Å². The Labute approximate surface area is 124 Å². The van der Waals surface area contributed by atoms with Gasteiger partial charge in [0.15, 0.2) is 0 Å². The normalized spacial score (nSPS) is 13.1. The Morgan fingerprint density at radius 2 is 1.95 bits per heavy atom. The molecule has 4 heteroatoms. The number of fused-ring (bicyclic) bond motifs is 2. The molecule has 0 aliphatic rings. The Hall–Kier alpha value is -1.75. The minimum atomic E-state index is -0.613. The van der Waals surface area contributed by atoms with E-state index in [1.807, 2.05) is 30.3 Å². The summed E-state index contributed by atoms with van der Waals surface area (Å²) >= 11 is 3.36. The highest BCUT2D eigenvalue weighted by molar-refractivity contribution is 7.26. The zero-order chi connectivity index (χ0) is 13.5. The quantitative estimate of drug-likeness (QED) is 0.587. The molecule has 20 heavy (non-hydrogen) atoms. The molecule has 0 radical (unpaired) electrons. The molecule has 0 bridgehead atoms. The van der Waals surface area contributed by atoms with Crippen molar-refractivity contribution < 1.29 is 5.11 Å². The fourth-order valence-corrected chi connectivity index (χ4v) is 4.55. The van der Waals surface area contributed by atoms with E-state index in [-0.39, 0.29) is 0 Å². The molecule has 0 aliphatic heterocycles. The van der Waals surface area contributed by atoms with E-state index in [9.17, 15) is 5.11 Å². The minimum absolute atomic E-state index is 0.613. The third kappa shape index (κ3) is 1.85. The molecule has 1 N–H and O–H groups in total. The van der Waals surface area contributed by atoms with E-state index in [0.717, 1.165) is 21.3 Å². The van der Waals surface area contributed by atoms with Crippen LogP contribution in [0.15, 0.2) is 54.0 Å². The Balaban J connectivity index is 1.87. The number of hydrogen-bond acceptors (Lipinski definition) is 4. The second-order valence-corrected chi connectivity index (χ2v) is 6.69. The number of thiophene rings is 2. The van der Waals surface area contributed by atoms with Crippen LogP contribution in [0.3, 0.4) is 0 Å². The summed E-state index contributed by atoms with van der Waals surface area (Å²) in [6.45, 7) is 0. The van der Waals surface area contributed by atoms with E-state index in [1.165, 1.54) is 9.40 Å². The maximum Gasteiger partial charge on any atom is 0.115 e. The van der Waals surface area contributed by atoms with Gasteiger partial charge in [-0.05, 0) is 23.6 Å². The lowest BCUT2D eigenvalue weighted by atomic mass is 10.0. The van der Waals surface area contributed by atoms with Crippen molar-refractivity contribution in [2.45, 2.75) is 6.10 Å². The predicted molar refractivity (Wildman–Crippen MR) is 85.5 cm³/mol. The Kier molecular flexibility index (Phi) is 2.80. The van der Waals surface area contributed by atoms with Gasteiger partial charge in [-0.25, -0.2) is 0 Å². The first-order chi connectivity index (χ1) is 9.83. The summed E-state index contributed by atoms with van der Waals surface area (Å²) in [5.74, 6) is 0. The molecule has 4 rings (SSSR count). The first-order valence-corrected chi connectivity index (χ1v) is 8.01. The maximum atomic E-state index is 10.7. The molecule has 2 nitrogen and oxygen atoms in total. The van der Waals surface area contributed by atoms with Gasteiger partial charge in [0.25, 0.3) is 0 Å². The summed E-state index contributed by atoms with van der Waals surface area (Å²) in [4.78, 5) is 5.39. The summed E-state index contributed by atoms with van der Waals surface area (Å²) in [6, 6.07) is 14.1. The van der Waals surface area contributed by atoms with Gasteiger partial charge in [-0.15, -0.1) is 22.7 Å². The molecule has 1 atom stereocenters. The summed E-state index contributed by atoms with van der Waals surface area (Å²) in [5.41, 5.74) is 1.75. The van der Waals surface area contributed by atoms with Gasteiger partial charge in [0.05, 0.1) is 5.52 Å². The van der Waals surface area contributed by atoms with Gasteiger partial charge in [-0.2, -0.15) is 0 Å². The van der Waals surface area contributed by atoms with Gasteiger partial charge in [0.1, 0.15) is 6.10 Å². The molecule has 3 heterocycles. The number of aliphatic hydroxyl groups excluding tert-OH is 1. The van der Waals surface area contributed by atoms with Crippen LogP contribution >= 0.6 is 22.7 Å². The average molecular weight is 297 g/mol. The summed E-state index contributed by atoms with van der Waals surface area (Å²) < 4.78 is 2.47. The van der Waals surface area contributed by atoms with Crippen LogP contribution in [0.25, 0.3) is 20.3 Å². The number of aliphatic hydroxyl groups is 1. The van der Waals surface area contributed by atoms with E-state index >= 15 is 0 Å². The van der Waals surface area contributed by atoms with Crippen LogP contribution in [-0.2, 0) is 0 Å². The molecule has 0 fully saturated rings. The molecule has 0 saturated carbocycles. The SMILES string of the molecule is OC(c1cc2sccc2s1)c1cccc2cccnc12. The predicted octanol–water partition coefficient (Wildman–Crippen LogP) is 4.59. The fourth-order valence-electron chi connectivity index (χ4n) is 2.42. The zero-order valence-corrected chi connectivity index (χ0v) is 12.1. The lowest BCUT2D eigenvalue weighted by Crippen LogP contribution is -1.99. The second kappa shape index (κ2) is 4.66. The number of para-hydroxylation sites is 1. The number of pyridine rings is 1. The lowest BCUT2D eigenvalue weighted by Gasteiger charge is -2.11. The first-order valence-electron chi connectivity index (χ1n) is 6.31. The van der Waals surface area contributed by atoms with Crippen molar-refractivity contribution in [3.05, 3.63) is 64.5 Å². The molecule has 0 aliphatic carbocycles. The third-order valence-corrected chi connectivity index (χ3v) is 5.53. The van der Waals surface area contributed by atoms with E-state index in [0.29, 0.717) is 0 Å². The van der Waals surface area contributed by atoms with Crippen LogP contribution in [0.5, 0.6) is 0 Å². The van der Waals surface area contributed by atoms with Gasteiger partial charge < -0.3 is 5.11 Å². The van der Waals surface area contributed by atoms with Crippen molar-refractivity contribution in [2.75, 3.05) is 0 Å². The van der Waals surface area contributed by atoms with Crippen molar-refractivity contribution in [3.63, 3.8) is 0 Å². The van der Waals surface area contributed by atoms with E-state index in [4.69, 9.17) is 0 Å². The topological polar surface area (TPSA) is 33.1 Å². The number of aromatic nitrogens is 1. The summed E-state index contributed by atoms with van der Waals surface area (Å²) in [7, 11) is 0. The Morgan fingerprint density at radius 1 is 1.05 bits per heavy atom. The molecule has 0 saturated heterocycles. The van der Waals surface area contributed by atoms with Crippen LogP contribution in [0.2, 0.25) is 0 Å². The standard InChI is InChI=1S/C16H11NOS2/c18-16(14-9-13-12(20-14)6-8-19-13)11-5-1-3-10-4-2-7-17-15(10)11/h1-9,16,18H. The number of hydrogen-bond donors (Lipinski definition) is 1. The molecule has 1 aromatic carbocycles. The minimum Gasteiger partial charge on any atom is -0.383 e. The number of rotatable bonds is 2. The van der Waals surface area contributed by atoms with Crippen LogP contribution < -0.4 is 0 Å². The van der Waals surface area contributed by atoms with Crippen molar-refractivity contribution in [3.8, 4) is 0 Å². The molecule has 1 unspecified atom stereocenters. The highest BCUT2D eigenvalue weighted by Crippen LogP contribution is 2.37. The third-order valence-electron chi connectivity index (χ3n) is 3.39. The van der Waals surface area contributed by atoms with Crippen molar-refractivity contribution in [1.82, 2.24) is 4.98 Å². The van der Waals surface area contributed by atoms with E-state index in [1.54, 1.807) is 28.9 Å². The van der Waals surface area contributed by atoms with Crippen LogP contribution in [0.1, 0.15) is 16.5 Å². The smallest absolute Gasteiger partial charge is 0.115 e. The summed E-state index contributed by atoms with van der Waals surface area (Å²) in [5, 5.41) is 13.8. The highest BCUT2D eigenvalue weighted by Gasteiger charge is 2.17.